The van der Waals surface area contributed by atoms with E-state index in [1.807, 2.05) is 48.0 Å². The normalized spacial score (nSPS) is 13.2. The molecule has 0 aliphatic carbocycles. The number of rotatable bonds is 0. The Morgan fingerprint density at radius 3 is 2.72 bits per heavy atom. The van der Waals surface area contributed by atoms with Crippen molar-refractivity contribution in [3.05, 3.63) is 62.4 Å². The van der Waals surface area contributed by atoms with E-state index >= 15 is 0 Å². The van der Waals surface area contributed by atoms with Crippen molar-refractivity contribution >= 4 is 45.0 Å². The van der Waals surface area contributed by atoms with Gasteiger partial charge in [0, 0.05) is 19.0 Å². The monoisotopic (exact) mass is 369 g/mol. The number of benzene rings is 2. The van der Waals surface area contributed by atoms with Crippen LogP contribution in [0.3, 0.4) is 0 Å². The summed E-state index contributed by atoms with van der Waals surface area (Å²) in [6.45, 7) is 0.609. The molecule has 6 heteroatoms. The zero-order valence-corrected chi connectivity index (χ0v) is 14.9. The fourth-order valence-corrected chi connectivity index (χ4v) is 4.32. The molecule has 1 aliphatic heterocycles. The first-order valence-corrected chi connectivity index (χ1v) is 8.78. The van der Waals surface area contributed by atoms with Gasteiger partial charge in [0.15, 0.2) is 5.82 Å². The molecule has 0 fully saturated rings. The Morgan fingerprint density at radius 2 is 1.88 bits per heavy atom. The molecule has 5 rings (SSSR count). The average molecular weight is 370 g/mol. The second-order valence-corrected chi connectivity index (χ2v) is 7.09. The van der Waals surface area contributed by atoms with Gasteiger partial charge < -0.3 is 4.57 Å². The summed E-state index contributed by atoms with van der Waals surface area (Å²) in [7, 11) is 1.94. The van der Waals surface area contributed by atoms with E-state index < -0.39 is 0 Å². The van der Waals surface area contributed by atoms with Crippen LogP contribution in [0.2, 0.25) is 10.0 Å². The number of aromatic nitrogens is 3. The molecule has 25 heavy (non-hydrogen) atoms. The number of para-hydroxylation sites is 1. The summed E-state index contributed by atoms with van der Waals surface area (Å²) in [4.78, 5) is 17.7. The summed E-state index contributed by atoms with van der Waals surface area (Å²) >= 11 is 12.7. The van der Waals surface area contributed by atoms with E-state index in [2.05, 4.69) is 0 Å². The fraction of sp³-hybridized carbons (Fsp3) is 0.158. The molecule has 0 radical (unpaired) electrons. The molecule has 0 spiro atoms. The summed E-state index contributed by atoms with van der Waals surface area (Å²) in [5.74, 6) is 0.691. The van der Waals surface area contributed by atoms with E-state index in [4.69, 9.17) is 28.2 Å². The number of aryl methyl sites for hydroxylation is 2. The highest BCUT2D eigenvalue weighted by Gasteiger charge is 2.27. The lowest BCUT2D eigenvalue weighted by molar-refractivity contribution is 0.646. The van der Waals surface area contributed by atoms with Crippen LogP contribution in [0.25, 0.3) is 33.3 Å². The zero-order valence-electron chi connectivity index (χ0n) is 13.4. The van der Waals surface area contributed by atoms with Crippen LogP contribution in [0.5, 0.6) is 0 Å². The minimum Gasteiger partial charge on any atom is -0.340 e. The van der Waals surface area contributed by atoms with Crippen molar-refractivity contribution in [1.82, 2.24) is 14.1 Å². The van der Waals surface area contributed by atoms with Gasteiger partial charge in [-0.05, 0) is 30.2 Å². The molecule has 0 saturated heterocycles. The Hall–Kier alpha value is -2.30. The van der Waals surface area contributed by atoms with E-state index in [0.717, 1.165) is 23.0 Å². The first-order chi connectivity index (χ1) is 12.1. The predicted molar refractivity (Wildman–Crippen MR) is 102 cm³/mol. The Labute approximate surface area is 153 Å². The van der Waals surface area contributed by atoms with Gasteiger partial charge in [-0.1, -0.05) is 41.4 Å². The molecular weight excluding hydrogens is 357 g/mol. The van der Waals surface area contributed by atoms with Crippen molar-refractivity contribution in [3.63, 3.8) is 0 Å². The van der Waals surface area contributed by atoms with E-state index in [1.54, 1.807) is 4.57 Å². The predicted octanol–water partition coefficient (Wildman–Crippen LogP) is 4.42. The summed E-state index contributed by atoms with van der Waals surface area (Å²) in [5, 5.41) is 2.77. The Bertz CT molecular complexity index is 1250. The Balaban J connectivity index is 1.96. The maximum atomic E-state index is 12.9. The molecule has 0 atom stereocenters. The quantitative estimate of drug-likeness (QED) is 0.460. The third-order valence-corrected chi connectivity index (χ3v) is 5.80. The van der Waals surface area contributed by atoms with E-state index in [1.165, 1.54) is 5.56 Å². The third kappa shape index (κ3) is 1.89. The standard InChI is InChI=1S/C19H13Cl2N3O/c1-23-16-10(6-7-13(20)15(16)21)11-8-9-24-18(17(11)23)22-14-5-3-2-4-12(14)19(24)25/h2-7H,8-9H2,1H3. The second-order valence-electron chi connectivity index (χ2n) is 6.30. The van der Waals surface area contributed by atoms with E-state index in [9.17, 15) is 4.79 Å². The van der Waals surface area contributed by atoms with Gasteiger partial charge in [-0.25, -0.2) is 4.98 Å². The van der Waals surface area contributed by atoms with E-state index in [0.29, 0.717) is 33.3 Å². The molecule has 1 aliphatic rings. The van der Waals surface area contributed by atoms with Crippen molar-refractivity contribution in [2.45, 2.75) is 13.0 Å². The molecule has 2 aromatic heterocycles. The van der Waals surface area contributed by atoms with Gasteiger partial charge in [-0.2, -0.15) is 0 Å². The van der Waals surface area contributed by atoms with Gasteiger partial charge in [-0.3, -0.25) is 9.36 Å². The summed E-state index contributed by atoms with van der Waals surface area (Å²) in [5.41, 5.74) is 3.70. The van der Waals surface area contributed by atoms with Crippen LogP contribution in [0, 0.1) is 0 Å². The highest BCUT2D eigenvalue weighted by Crippen LogP contribution is 2.40. The topological polar surface area (TPSA) is 39.8 Å². The molecule has 4 aromatic rings. The van der Waals surface area contributed by atoms with Crippen molar-refractivity contribution < 1.29 is 0 Å². The van der Waals surface area contributed by atoms with Crippen LogP contribution < -0.4 is 5.56 Å². The van der Waals surface area contributed by atoms with Crippen molar-refractivity contribution in [1.29, 1.82) is 0 Å². The maximum absolute atomic E-state index is 12.9. The number of hydrogen-bond acceptors (Lipinski definition) is 2. The van der Waals surface area contributed by atoms with Gasteiger partial charge in [0.05, 0.1) is 32.2 Å². The SMILES string of the molecule is Cn1c2c(c3ccc(Cl)c(Cl)c31)CCn1c-2nc2ccccc2c1=O. The first kappa shape index (κ1) is 15.0. The molecule has 2 aromatic carbocycles. The first-order valence-electron chi connectivity index (χ1n) is 8.03. The van der Waals surface area contributed by atoms with Gasteiger partial charge in [0.1, 0.15) is 0 Å². The highest BCUT2D eigenvalue weighted by molar-refractivity contribution is 6.45. The second kappa shape index (κ2) is 5.10. The lowest BCUT2D eigenvalue weighted by atomic mass is 10.0. The molecule has 0 amide bonds. The highest BCUT2D eigenvalue weighted by atomic mass is 35.5. The van der Waals surface area contributed by atoms with Gasteiger partial charge in [0.25, 0.3) is 5.56 Å². The van der Waals surface area contributed by atoms with Gasteiger partial charge in [0.2, 0.25) is 0 Å². The zero-order chi connectivity index (χ0) is 17.3. The molecular formula is C19H13Cl2N3O. The maximum Gasteiger partial charge on any atom is 0.261 e. The van der Waals surface area contributed by atoms with Crippen LogP contribution in [0.15, 0.2) is 41.2 Å². The molecule has 0 saturated carbocycles. The van der Waals surface area contributed by atoms with Gasteiger partial charge >= 0.3 is 0 Å². The molecule has 0 N–H and O–H groups in total. The summed E-state index contributed by atoms with van der Waals surface area (Å²) in [6, 6.07) is 11.3. The van der Waals surface area contributed by atoms with Crippen LogP contribution in [0.1, 0.15) is 5.56 Å². The molecule has 0 unspecified atom stereocenters. The van der Waals surface area contributed by atoms with E-state index in [-0.39, 0.29) is 5.56 Å². The molecule has 4 nitrogen and oxygen atoms in total. The van der Waals surface area contributed by atoms with Gasteiger partial charge in [-0.15, -0.1) is 0 Å². The Morgan fingerprint density at radius 1 is 1.08 bits per heavy atom. The lowest BCUT2D eigenvalue weighted by Gasteiger charge is -2.20. The fourth-order valence-electron chi connectivity index (χ4n) is 3.87. The summed E-state index contributed by atoms with van der Waals surface area (Å²) in [6.07, 6.45) is 0.761. The van der Waals surface area contributed by atoms with Crippen molar-refractivity contribution in [2.24, 2.45) is 7.05 Å². The molecule has 124 valence electrons. The average Bonchev–Trinajstić information content (AvgIpc) is 2.92. The lowest BCUT2D eigenvalue weighted by Crippen LogP contribution is -2.28. The number of hydrogen-bond donors (Lipinski definition) is 0. The Kier molecular flexibility index (Phi) is 3.06. The minimum absolute atomic E-state index is 0.000588. The molecule has 3 heterocycles. The minimum atomic E-state index is 0.000588. The van der Waals surface area contributed by atoms with Crippen molar-refractivity contribution in [2.75, 3.05) is 0 Å². The number of halogens is 2. The van der Waals surface area contributed by atoms with Crippen LogP contribution in [0.4, 0.5) is 0 Å². The summed E-state index contributed by atoms with van der Waals surface area (Å²) < 4.78 is 3.77. The van der Waals surface area contributed by atoms with Crippen LogP contribution >= 0.6 is 23.2 Å². The number of fused-ring (bicyclic) bond motifs is 6. The largest absolute Gasteiger partial charge is 0.340 e. The third-order valence-electron chi connectivity index (χ3n) is 5.01. The molecule has 0 bridgehead atoms. The smallest absolute Gasteiger partial charge is 0.261 e. The van der Waals surface area contributed by atoms with Crippen LogP contribution in [-0.4, -0.2) is 14.1 Å². The van der Waals surface area contributed by atoms with Crippen LogP contribution in [-0.2, 0) is 20.0 Å². The number of nitrogens with zero attached hydrogens (tertiary/aromatic N) is 3. The van der Waals surface area contributed by atoms with Crippen molar-refractivity contribution in [3.8, 4) is 11.5 Å².